The highest BCUT2D eigenvalue weighted by Crippen LogP contribution is 2.30. The van der Waals surface area contributed by atoms with Crippen molar-refractivity contribution in [3.8, 4) is 6.07 Å². The molecule has 0 unspecified atom stereocenters. The van der Waals surface area contributed by atoms with Gasteiger partial charge in [0.25, 0.3) is 0 Å². The Hall–Kier alpha value is -1.53. The van der Waals surface area contributed by atoms with Gasteiger partial charge in [0.15, 0.2) is 0 Å². The first-order valence-corrected chi connectivity index (χ1v) is 5.18. The van der Waals surface area contributed by atoms with E-state index in [9.17, 15) is 0 Å². The smallest absolute Gasteiger partial charge is 0.0669 e. The number of thiophene rings is 1. The molecule has 0 radical (unpaired) electrons. The van der Waals surface area contributed by atoms with Crippen molar-refractivity contribution in [1.29, 1.82) is 5.26 Å². The molecule has 0 aliphatic rings. The maximum atomic E-state index is 8.69. The van der Waals surface area contributed by atoms with E-state index in [-0.39, 0.29) is 0 Å². The summed E-state index contributed by atoms with van der Waals surface area (Å²) in [5.74, 6) is 0. The molecule has 1 heterocycles. The van der Waals surface area contributed by atoms with Crippen LogP contribution in [-0.2, 0) is 6.42 Å². The quantitative estimate of drug-likeness (QED) is 0.723. The van der Waals surface area contributed by atoms with Gasteiger partial charge in [0.05, 0.1) is 12.5 Å². The van der Waals surface area contributed by atoms with Crippen molar-refractivity contribution in [1.82, 2.24) is 0 Å². The first-order chi connectivity index (χ1) is 6.70. The number of anilines is 1. The van der Waals surface area contributed by atoms with Gasteiger partial charge in [-0.1, -0.05) is 0 Å². The van der Waals surface area contributed by atoms with Crippen LogP contribution in [0.5, 0.6) is 0 Å². The van der Waals surface area contributed by atoms with Crippen LogP contribution in [0.3, 0.4) is 0 Å². The predicted octanol–water partition coefficient (Wildman–Crippen LogP) is 2.86. The second-order valence-corrected chi connectivity index (χ2v) is 4.57. The molecule has 1 aromatic carbocycles. The van der Waals surface area contributed by atoms with E-state index in [1.54, 1.807) is 11.3 Å². The van der Waals surface area contributed by atoms with Crippen molar-refractivity contribution >= 4 is 27.1 Å². The first-order valence-electron chi connectivity index (χ1n) is 4.36. The minimum Gasteiger partial charge on any atom is -0.399 e. The molecule has 2 aromatic rings. The second-order valence-electron chi connectivity index (χ2n) is 3.28. The van der Waals surface area contributed by atoms with Crippen LogP contribution in [0.4, 0.5) is 5.69 Å². The van der Waals surface area contributed by atoms with Crippen LogP contribution < -0.4 is 5.73 Å². The van der Waals surface area contributed by atoms with Crippen molar-refractivity contribution in [2.45, 2.75) is 13.3 Å². The molecule has 0 bridgehead atoms. The molecule has 0 fully saturated rings. The molecule has 0 atom stereocenters. The van der Waals surface area contributed by atoms with Crippen LogP contribution in [-0.4, -0.2) is 0 Å². The minimum atomic E-state index is 0.428. The van der Waals surface area contributed by atoms with Gasteiger partial charge in [-0.2, -0.15) is 5.26 Å². The van der Waals surface area contributed by atoms with Gasteiger partial charge in [-0.3, -0.25) is 0 Å². The van der Waals surface area contributed by atoms with Crippen LogP contribution in [0.15, 0.2) is 18.2 Å². The number of fused-ring (bicyclic) bond motifs is 1. The van der Waals surface area contributed by atoms with E-state index >= 15 is 0 Å². The summed E-state index contributed by atoms with van der Waals surface area (Å²) in [6, 6.07) is 8.13. The van der Waals surface area contributed by atoms with Crippen LogP contribution in [0.25, 0.3) is 10.1 Å². The molecule has 1 aromatic heterocycles. The van der Waals surface area contributed by atoms with Crippen molar-refractivity contribution in [3.63, 3.8) is 0 Å². The molecular weight excluding hydrogens is 192 g/mol. The number of nitrogen functional groups attached to an aromatic ring is 1. The summed E-state index contributed by atoms with van der Waals surface area (Å²) in [6.07, 6.45) is 0.428. The van der Waals surface area contributed by atoms with E-state index in [4.69, 9.17) is 11.0 Å². The molecule has 0 aliphatic carbocycles. The normalized spacial score (nSPS) is 10.3. The fourth-order valence-corrected chi connectivity index (χ4v) is 2.61. The molecular formula is C11H10N2S. The Morgan fingerprint density at radius 2 is 2.21 bits per heavy atom. The number of benzene rings is 1. The predicted molar refractivity (Wildman–Crippen MR) is 60.3 cm³/mol. The van der Waals surface area contributed by atoms with Crippen LogP contribution in [0.2, 0.25) is 0 Å². The molecule has 3 heteroatoms. The maximum absolute atomic E-state index is 8.69. The number of hydrogen-bond donors (Lipinski definition) is 1. The average molecular weight is 202 g/mol. The van der Waals surface area contributed by atoms with Gasteiger partial charge in [0.2, 0.25) is 0 Å². The summed E-state index contributed by atoms with van der Waals surface area (Å²) in [6.45, 7) is 2.07. The zero-order chi connectivity index (χ0) is 10.1. The van der Waals surface area contributed by atoms with E-state index in [1.165, 1.54) is 15.0 Å². The fourth-order valence-electron chi connectivity index (χ4n) is 1.59. The molecule has 70 valence electrons. The van der Waals surface area contributed by atoms with Crippen LogP contribution >= 0.6 is 11.3 Å². The summed E-state index contributed by atoms with van der Waals surface area (Å²) < 4.78 is 1.17. The van der Waals surface area contributed by atoms with E-state index in [1.807, 2.05) is 12.1 Å². The van der Waals surface area contributed by atoms with E-state index in [0.717, 1.165) is 11.3 Å². The lowest BCUT2D eigenvalue weighted by Crippen LogP contribution is -1.88. The van der Waals surface area contributed by atoms with Crippen molar-refractivity contribution < 1.29 is 0 Å². The standard InChI is InChI=1S/C11H10N2S/c1-7-4-10-8(2-3-12)5-9(13)6-11(10)14-7/h4-6H,2,13H2,1H3. The zero-order valence-electron chi connectivity index (χ0n) is 7.87. The Kier molecular flexibility index (Phi) is 2.14. The summed E-state index contributed by atoms with van der Waals surface area (Å²) >= 11 is 1.72. The van der Waals surface area contributed by atoms with Gasteiger partial charge in [-0.25, -0.2) is 0 Å². The number of nitrogens with zero attached hydrogens (tertiary/aromatic N) is 1. The molecule has 2 N–H and O–H groups in total. The maximum Gasteiger partial charge on any atom is 0.0669 e. The molecule has 2 nitrogen and oxygen atoms in total. The van der Waals surface area contributed by atoms with E-state index in [0.29, 0.717) is 6.42 Å². The summed E-state index contributed by atoms with van der Waals surface area (Å²) in [4.78, 5) is 1.25. The van der Waals surface area contributed by atoms with Gasteiger partial charge in [0, 0.05) is 15.3 Å². The highest BCUT2D eigenvalue weighted by atomic mass is 32.1. The Morgan fingerprint density at radius 3 is 2.93 bits per heavy atom. The summed E-state index contributed by atoms with van der Waals surface area (Å²) in [5.41, 5.74) is 7.54. The Bertz CT molecular complexity index is 520. The molecule has 0 spiro atoms. The van der Waals surface area contributed by atoms with E-state index in [2.05, 4.69) is 19.1 Å². The van der Waals surface area contributed by atoms with Gasteiger partial charge in [0.1, 0.15) is 0 Å². The van der Waals surface area contributed by atoms with Gasteiger partial charge < -0.3 is 5.73 Å². The van der Waals surface area contributed by atoms with Crippen LogP contribution in [0, 0.1) is 18.3 Å². The number of aryl methyl sites for hydroxylation is 1. The monoisotopic (exact) mass is 202 g/mol. The highest BCUT2D eigenvalue weighted by molar-refractivity contribution is 7.19. The molecule has 2 rings (SSSR count). The van der Waals surface area contributed by atoms with Gasteiger partial charge in [-0.05, 0) is 36.1 Å². The Labute approximate surface area is 86.6 Å². The Balaban J connectivity index is 2.74. The third kappa shape index (κ3) is 1.45. The van der Waals surface area contributed by atoms with Crippen LogP contribution in [0.1, 0.15) is 10.4 Å². The third-order valence-corrected chi connectivity index (χ3v) is 3.14. The van der Waals surface area contributed by atoms with Crippen molar-refractivity contribution in [2.24, 2.45) is 0 Å². The Morgan fingerprint density at radius 1 is 1.43 bits per heavy atom. The second kappa shape index (κ2) is 3.32. The largest absolute Gasteiger partial charge is 0.399 e. The topological polar surface area (TPSA) is 49.8 Å². The van der Waals surface area contributed by atoms with Gasteiger partial charge >= 0.3 is 0 Å². The number of nitrogens with two attached hydrogens (primary N) is 1. The number of hydrogen-bond acceptors (Lipinski definition) is 3. The molecule has 14 heavy (non-hydrogen) atoms. The number of nitriles is 1. The lowest BCUT2D eigenvalue weighted by Gasteiger charge is -1.99. The fraction of sp³-hybridized carbons (Fsp3) is 0.182. The lowest BCUT2D eigenvalue weighted by molar-refractivity contribution is 1.29. The minimum absolute atomic E-state index is 0.428. The van der Waals surface area contributed by atoms with Gasteiger partial charge in [-0.15, -0.1) is 11.3 Å². The average Bonchev–Trinajstić information content (AvgIpc) is 2.45. The molecule has 0 amide bonds. The first kappa shape index (κ1) is 9.04. The number of rotatable bonds is 1. The lowest BCUT2D eigenvalue weighted by atomic mass is 10.1. The van der Waals surface area contributed by atoms with E-state index < -0.39 is 0 Å². The zero-order valence-corrected chi connectivity index (χ0v) is 8.69. The molecule has 0 saturated carbocycles. The summed E-state index contributed by atoms with van der Waals surface area (Å²) in [7, 11) is 0. The SMILES string of the molecule is Cc1cc2c(CC#N)cc(N)cc2s1. The van der Waals surface area contributed by atoms with Crippen molar-refractivity contribution in [2.75, 3.05) is 5.73 Å². The summed E-state index contributed by atoms with van der Waals surface area (Å²) in [5, 5.41) is 9.86. The highest BCUT2D eigenvalue weighted by Gasteiger charge is 2.05. The van der Waals surface area contributed by atoms with Crippen molar-refractivity contribution in [3.05, 3.63) is 28.6 Å². The third-order valence-electron chi connectivity index (χ3n) is 2.14. The molecule has 0 aliphatic heterocycles. The molecule has 0 saturated heterocycles.